The molecule has 0 bridgehead atoms. The summed E-state index contributed by atoms with van der Waals surface area (Å²) in [4.78, 5) is 2.52. The molecule has 2 heteroatoms. The Balaban J connectivity index is 0.973. The van der Waals surface area contributed by atoms with Crippen LogP contribution < -0.4 is 4.90 Å². The van der Waals surface area contributed by atoms with Gasteiger partial charge in [-0.3, -0.25) is 0 Å². The van der Waals surface area contributed by atoms with Gasteiger partial charge in [-0.1, -0.05) is 200 Å². The zero-order chi connectivity index (χ0) is 45.2. The molecule has 2 aliphatic rings. The van der Waals surface area contributed by atoms with Crippen LogP contribution in [-0.2, 0) is 5.41 Å². The summed E-state index contributed by atoms with van der Waals surface area (Å²) >= 11 is 0. The maximum absolute atomic E-state index is 2.52. The van der Waals surface area contributed by atoms with Crippen molar-refractivity contribution in [3.63, 3.8) is 0 Å². The fourth-order valence-electron chi connectivity index (χ4n) is 12.6. The summed E-state index contributed by atoms with van der Waals surface area (Å²) in [6.45, 7) is 0. The van der Waals surface area contributed by atoms with Gasteiger partial charge in [-0.2, -0.15) is 0 Å². The minimum Gasteiger partial charge on any atom is -0.310 e. The van der Waals surface area contributed by atoms with Gasteiger partial charge in [0.05, 0.1) is 22.1 Å². The lowest BCUT2D eigenvalue weighted by Gasteiger charge is -2.32. The summed E-state index contributed by atoms with van der Waals surface area (Å²) in [5.74, 6) is 0. The molecule has 0 saturated carbocycles. The van der Waals surface area contributed by atoms with Crippen LogP contribution in [0.1, 0.15) is 22.3 Å². The number of rotatable bonds is 5. The molecule has 1 aromatic heterocycles. The van der Waals surface area contributed by atoms with E-state index in [0.717, 1.165) is 22.7 Å². The molecule has 0 saturated heterocycles. The largest absolute Gasteiger partial charge is 0.310 e. The molecule has 0 atom stereocenters. The second-order valence-electron chi connectivity index (χ2n) is 18.7. The molecule has 320 valence electrons. The molecular weight excluding hydrogens is 833 g/mol. The quantitative estimate of drug-likeness (QED) is 0.156. The molecule has 2 nitrogen and oxygen atoms in total. The van der Waals surface area contributed by atoms with Gasteiger partial charge < -0.3 is 9.47 Å². The molecule has 0 N–H and O–H groups in total. The van der Waals surface area contributed by atoms with E-state index in [-0.39, 0.29) is 0 Å². The Bertz CT molecular complexity index is 4140. The number of fused-ring (bicyclic) bond motifs is 19. The van der Waals surface area contributed by atoms with Crippen molar-refractivity contribution in [2.45, 2.75) is 5.41 Å². The molecule has 0 unspecified atom stereocenters. The van der Waals surface area contributed by atoms with E-state index >= 15 is 0 Å². The Morgan fingerprint density at radius 3 is 1.42 bits per heavy atom. The molecule has 1 spiro atoms. The first kappa shape index (κ1) is 38.2. The lowest BCUT2D eigenvalue weighted by Crippen LogP contribution is -2.26. The first-order chi connectivity index (χ1) is 34.3. The van der Waals surface area contributed by atoms with E-state index in [9.17, 15) is 0 Å². The molecule has 2 aliphatic carbocycles. The molecule has 0 fully saturated rings. The molecule has 1 heterocycles. The molecule has 12 aromatic carbocycles. The topological polar surface area (TPSA) is 8.17 Å². The number of nitrogens with zero attached hydrogens (tertiary/aromatic N) is 2. The maximum Gasteiger partial charge on any atom is 0.0726 e. The van der Waals surface area contributed by atoms with Crippen LogP contribution >= 0.6 is 0 Å². The molecule has 0 aliphatic heterocycles. The predicted molar refractivity (Wildman–Crippen MR) is 290 cm³/mol. The molecule has 13 aromatic rings. The van der Waals surface area contributed by atoms with Crippen molar-refractivity contribution in [3.05, 3.63) is 277 Å². The third-order valence-corrected chi connectivity index (χ3v) is 15.4. The van der Waals surface area contributed by atoms with Crippen LogP contribution in [0.15, 0.2) is 255 Å². The second-order valence-corrected chi connectivity index (χ2v) is 18.7. The van der Waals surface area contributed by atoms with Gasteiger partial charge in [0.2, 0.25) is 0 Å². The summed E-state index contributed by atoms with van der Waals surface area (Å²) in [6.07, 6.45) is 0. The third-order valence-electron chi connectivity index (χ3n) is 15.4. The molecule has 69 heavy (non-hydrogen) atoms. The van der Waals surface area contributed by atoms with E-state index in [0.29, 0.717) is 0 Å². The SMILES string of the molecule is c1ccc(-n2c3ccccc3c3ccc(-c4ccc(N(c5ccc6c(c5)C5(c7ccccc7-c7ccccc75)c5ccccc5-6)c5cccc6c7ccccc7c7ccccc7c56)cc4)cc32)cc1. The summed E-state index contributed by atoms with van der Waals surface area (Å²) in [6, 6.07) is 94.9. The van der Waals surface area contributed by atoms with E-state index in [1.807, 2.05) is 0 Å². The number of hydrogen-bond donors (Lipinski definition) is 0. The van der Waals surface area contributed by atoms with Gasteiger partial charge in [0.15, 0.2) is 0 Å². The van der Waals surface area contributed by atoms with Crippen molar-refractivity contribution >= 4 is 71.2 Å². The van der Waals surface area contributed by atoms with Gasteiger partial charge in [0.1, 0.15) is 0 Å². The number of hydrogen-bond acceptors (Lipinski definition) is 1. The highest BCUT2D eigenvalue weighted by Crippen LogP contribution is 2.63. The monoisotopic (exact) mass is 874 g/mol. The van der Waals surface area contributed by atoms with Gasteiger partial charge in [0, 0.05) is 33.2 Å². The number of para-hydroxylation sites is 2. The van der Waals surface area contributed by atoms with Crippen LogP contribution in [0.2, 0.25) is 0 Å². The molecule has 15 rings (SSSR count). The zero-order valence-corrected chi connectivity index (χ0v) is 37.6. The van der Waals surface area contributed by atoms with Crippen molar-refractivity contribution in [3.8, 4) is 39.1 Å². The smallest absolute Gasteiger partial charge is 0.0726 e. The third kappa shape index (κ3) is 5.26. The van der Waals surface area contributed by atoms with Crippen molar-refractivity contribution in [2.75, 3.05) is 4.90 Å². The van der Waals surface area contributed by atoms with E-state index in [1.165, 1.54) is 110 Å². The minimum atomic E-state index is -0.465. The highest BCUT2D eigenvalue weighted by molar-refractivity contribution is 6.29. The zero-order valence-electron chi connectivity index (χ0n) is 37.6. The Morgan fingerprint density at radius 1 is 0.290 bits per heavy atom. The van der Waals surface area contributed by atoms with Crippen molar-refractivity contribution in [2.24, 2.45) is 0 Å². The highest BCUT2D eigenvalue weighted by atomic mass is 15.1. The minimum absolute atomic E-state index is 0.465. The van der Waals surface area contributed by atoms with E-state index < -0.39 is 5.41 Å². The Kier molecular flexibility index (Phi) is 8.02. The first-order valence-electron chi connectivity index (χ1n) is 24.0. The number of aromatic nitrogens is 1. The lowest BCUT2D eigenvalue weighted by atomic mass is 9.70. The molecule has 0 amide bonds. The average Bonchev–Trinajstić information content (AvgIpc) is 4.03. The highest BCUT2D eigenvalue weighted by Gasteiger charge is 2.51. The van der Waals surface area contributed by atoms with Crippen LogP contribution in [0, 0.1) is 0 Å². The first-order valence-corrected chi connectivity index (χ1v) is 24.0. The Morgan fingerprint density at radius 2 is 0.768 bits per heavy atom. The number of benzene rings is 12. The van der Waals surface area contributed by atoms with Crippen molar-refractivity contribution in [1.82, 2.24) is 4.57 Å². The van der Waals surface area contributed by atoms with Crippen LogP contribution in [0.5, 0.6) is 0 Å². The van der Waals surface area contributed by atoms with Crippen molar-refractivity contribution in [1.29, 1.82) is 0 Å². The van der Waals surface area contributed by atoms with Gasteiger partial charge in [0.25, 0.3) is 0 Å². The van der Waals surface area contributed by atoms with Crippen LogP contribution in [0.3, 0.4) is 0 Å². The normalized spacial score (nSPS) is 13.0. The summed E-state index contributed by atoms with van der Waals surface area (Å²) in [5.41, 5.74) is 19.4. The molecule has 0 radical (unpaired) electrons. The fourth-order valence-corrected chi connectivity index (χ4v) is 12.6. The van der Waals surface area contributed by atoms with E-state index in [4.69, 9.17) is 0 Å². The average molecular weight is 875 g/mol. The fraction of sp³-hybridized carbons (Fsp3) is 0.0149. The Labute approximate surface area is 400 Å². The molecular formula is C67H42N2. The summed E-state index contributed by atoms with van der Waals surface area (Å²) < 4.78 is 2.40. The summed E-state index contributed by atoms with van der Waals surface area (Å²) in [5, 5.41) is 10.0. The Hall–Kier alpha value is -8.98. The van der Waals surface area contributed by atoms with Gasteiger partial charge in [-0.25, -0.2) is 0 Å². The predicted octanol–water partition coefficient (Wildman–Crippen LogP) is 17.7. The van der Waals surface area contributed by atoms with E-state index in [2.05, 4.69) is 264 Å². The van der Waals surface area contributed by atoms with Gasteiger partial charge in [-0.05, 0) is 137 Å². The lowest BCUT2D eigenvalue weighted by molar-refractivity contribution is 0.793. The van der Waals surface area contributed by atoms with Gasteiger partial charge >= 0.3 is 0 Å². The maximum atomic E-state index is 2.52. The van der Waals surface area contributed by atoms with Crippen LogP contribution in [-0.4, -0.2) is 4.57 Å². The van der Waals surface area contributed by atoms with Crippen molar-refractivity contribution < 1.29 is 0 Å². The second kappa shape index (κ2) is 14.5. The van der Waals surface area contributed by atoms with Crippen LogP contribution in [0.4, 0.5) is 17.1 Å². The van der Waals surface area contributed by atoms with Gasteiger partial charge in [-0.15, -0.1) is 0 Å². The van der Waals surface area contributed by atoms with Crippen LogP contribution in [0.25, 0.3) is 93.2 Å². The number of anilines is 3. The standard InChI is InChI=1S/C67H42N2/c1-2-17-45(18-3-1)69-63-31-15-11-25-55(63)56-39-35-44(41-65(56)69)43-33-36-46(37-34-43)68(64-32-16-27-58-50-20-5-4-19-48(50)49-21-6-7-26-57(49)66(58)64)47-38-40-54-53-24-10-14-30-61(53)67(62(54)42-47)59-28-12-8-22-51(59)52-23-9-13-29-60(52)67/h1-42H. The summed E-state index contributed by atoms with van der Waals surface area (Å²) in [7, 11) is 0. The van der Waals surface area contributed by atoms with E-state index in [1.54, 1.807) is 0 Å².